The van der Waals surface area contributed by atoms with Crippen molar-refractivity contribution in [3.05, 3.63) is 58.8 Å². The van der Waals surface area contributed by atoms with Gasteiger partial charge in [-0.05, 0) is 37.6 Å². The van der Waals surface area contributed by atoms with Crippen LogP contribution < -0.4 is 5.43 Å². The molecule has 3 aromatic rings. The Hall–Kier alpha value is -2.62. The number of hydrogen-bond acceptors (Lipinski definition) is 2. The van der Waals surface area contributed by atoms with E-state index in [9.17, 15) is 9.59 Å². The zero-order chi connectivity index (χ0) is 17.8. The summed E-state index contributed by atoms with van der Waals surface area (Å²) in [6, 6.07) is 15.0. The molecule has 0 aliphatic carbocycles. The minimum Gasteiger partial charge on any atom is -0.341 e. The quantitative estimate of drug-likeness (QED) is 0.643. The number of nitrogens with zero attached hydrogens (tertiary/aromatic N) is 2. The number of hydrogen-bond donors (Lipinski definition) is 0. The first kappa shape index (κ1) is 17.2. The maximum atomic E-state index is 12.8. The Labute approximate surface area is 147 Å². The Morgan fingerprint density at radius 2 is 1.52 bits per heavy atom. The highest BCUT2D eigenvalue weighted by atomic mass is 16.2. The number of pyridine rings is 1. The number of benzene rings is 2. The van der Waals surface area contributed by atoms with Crippen LogP contribution in [0, 0.1) is 0 Å². The van der Waals surface area contributed by atoms with E-state index >= 15 is 0 Å². The average Bonchev–Trinajstić information content (AvgIpc) is 2.65. The molecule has 0 saturated heterocycles. The molecule has 0 unspecified atom stereocenters. The molecule has 0 atom stereocenters. The molecule has 4 heteroatoms. The molecule has 0 aliphatic rings. The lowest BCUT2D eigenvalue weighted by Crippen LogP contribution is -2.35. The van der Waals surface area contributed by atoms with E-state index in [0.717, 1.165) is 30.4 Å². The molecule has 4 nitrogen and oxygen atoms in total. The highest BCUT2D eigenvalue weighted by Crippen LogP contribution is 2.19. The molecule has 1 heterocycles. The molecule has 130 valence electrons. The van der Waals surface area contributed by atoms with Gasteiger partial charge in [-0.15, -0.1) is 0 Å². The van der Waals surface area contributed by atoms with Crippen LogP contribution >= 0.6 is 0 Å². The summed E-state index contributed by atoms with van der Waals surface area (Å²) in [4.78, 5) is 27.5. The van der Waals surface area contributed by atoms with E-state index in [0.29, 0.717) is 17.3 Å². The first-order valence-corrected chi connectivity index (χ1v) is 8.95. The molecule has 1 amide bonds. The van der Waals surface area contributed by atoms with Crippen molar-refractivity contribution in [3.8, 4) is 0 Å². The fourth-order valence-corrected chi connectivity index (χ4v) is 3.29. The number of carbonyl (C=O) groups is 1. The zero-order valence-corrected chi connectivity index (χ0v) is 14.9. The van der Waals surface area contributed by atoms with Gasteiger partial charge in [0.25, 0.3) is 0 Å². The highest BCUT2D eigenvalue weighted by Gasteiger charge is 2.16. The maximum Gasteiger partial charge on any atom is 0.242 e. The number of rotatable bonds is 6. The maximum absolute atomic E-state index is 12.8. The number of unbranched alkanes of at least 4 members (excludes halogenated alkanes) is 1. The van der Waals surface area contributed by atoms with Gasteiger partial charge in [0.15, 0.2) is 5.43 Å². The van der Waals surface area contributed by atoms with Gasteiger partial charge in [0.05, 0.1) is 11.0 Å². The van der Waals surface area contributed by atoms with Crippen LogP contribution in [0.1, 0.15) is 26.7 Å². The normalized spacial score (nSPS) is 11.1. The van der Waals surface area contributed by atoms with Gasteiger partial charge in [-0.3, -0.25) is 9.59 Å². The molecule has 0 aliphatic heterocycles. The molecule has 1 aromatic heterocycles. The van der Waals surface area contributed by atoms with Crippen LogP contribution in [-0.2, 0) is 11.3 Å². The van der Waals surface area contributed by atoms with E-state index < -0.39 is 0 Å². The summed E-state index contributed by atoms with van der Waals surface area (Å²) in [7, 11) is 0. The minimum atomic E-state index is 0.0215. The number of likely N-dealkylation sites (N-methyl/N-ethyl adjacent to an activating group) is 1. The molecule has 0 N–H and O–H groups in total. The second kappa shape index (κ2) is 7.51. The van der Waals surface area contributed by atoms with Gasteiger partial charge < -0.3 is 9.47 Å². The van der Waals surface area contributed by atoms with Gasteiger partial charge in [-0.1, -0.05) is 37.6 Å². The Balaban J connectivity index is 2.12. The van der Waals surface area contributed by atoms with Crippen molar-refractivity contribution < 1.29 is 4.79 Å². The third-order valence-corrected chi connectivity index (χ3v) is 4.69. The fourth-order valence-electron chi connectivity index (χ4n) is 3.29. The van der Waals surface area contributed by atoms with Crippen molar-refractivity contribution in [1.29, 1.82) is 0 Å². The van der Waals surface area contributed by atoms with E-state index in [1.165, 1.54) is 0 Å². The molecule has 25 heavy (non-hydrogen) atoms. The number of carbonyl (C=O) groups excluding carboxylic acids is 1. The first-order chi connectivity index (χ1) is 12.2. The summed E-state index contributed by atoms with van der Waals surface area (Å²) >= 11 is 0. The molecule has 0 bridgehead atoms. The second-order valence-corrected chi connectivity index (χ2v) is 6.28. The Kier molecular flexibility index (Phi) is 5.17. The van der Waals surface area contributed by atoms with E-state index in [2.05, 4.69) is 6.92 Å². The highest BCUT2D eigenvalue weighted by molar-refractivity contribution is 5.94. The molecule has 0 saturated carbocycles. The van der Waals surface area contributed by atoms with Crippen LogP contribution in [0.15, 0.2) is 53.3 Å². The molecule has 0 radical (unpaired) electrons. The van der Waals surface area contributed by atoms with Crippen molar-refractivity contribution in [2.24, 2.45) is 0 Å². The Bertz CT molecular complexity index is 899. The van der Waals surface area contributed by atoms with Gasteiger partial charge in [0, 0.05) is 23.9 Å². The molecule has 2 aromatic carbocycles. The summed E-state index contributed by atoms with van der Waals surface area (Å²) in [6.45, 7) is 5.87. The lowest BCUT2D eigenvalue weighted by atomic mass is 10.1. The summed E-state index contributed by atoms with van der Waals surface area (Å²) in [5.41, 5.74) is 1.64. The number of amides is 1. The smallest absolute Gasteiger partial charge is 0.242 e. The fraction of sp³-hybridized carbons (Fsp3) is 0.333. The zero-order valence-electron chi connectivity index (χ0n) is 14.9. The van der Waals surface area contributed by atoms with Crippen LogP contribution in [0.3, 0.4) is 0 Å². The van der Waals surface area contributed by atoms with Crippen molar-refractivity contribution in [2.45, 2.75) is 33.2 Å². The van der Waals surface area contributed by atoms with E-state index in [4.69, 9.17) is 0 Å². The van der Waals surface area contributed by atoms with E-state index in [1.54, 1.807) is 0 Å². The van der Waals surface area contributed by atoms with Crippen LogP contribution in [-0.4, -0.2) is 28.5 Å². The van der Waals surface area contributed by atoms with Crippen LogP contribution in [0.25, 0.3) is 21.8 Å². The van der Waals surface area contributed by atoms with Gasteiger partial charge in [-0.25, -0.2) is 0 Å². The van der Waals surface area contributed by atoms with Crippen molar-refractivity contribution in [2.75, 3.05) is 13.1 Å². The molecular formula is C21H24N2O2. The summed E-state index contributed by atoms with van der Waals surface area (Å²) in [5, 5.41) is 1.32. The van der Waals surface area contributed by atoms with Gasteiger partial charge >= 0.3 is 0 Å². The standard InChI is InChI=1S/C21H24N2O2/c1-3-5-14-22(4-2)20(24)15-23-18-12-8-6-10-16(18)21(25)17-11-7-9-13-19(17)23/h6-13H,3-5,14-15H2,1-2H3. The topological polar surface area (TPSA) is 42.3 Å². The molecular weight excluding hydrogens is 312 g/mol. The lowest BCUT2D eigenvalue weighted by Gasteiger charge is -2.23. The monoisotopic (exact) mass is 336 g/mol. The Morgan fingerprint density at radius 3 is 2.04 bits per heavy atom. The van der Waals surface area contributed by atoms with Crippen LogP contribution in [0.5, 0.6) is 0 Å². The van der Waals surface area contributed by atoms with Crippen molar-refractivity contribution in [3.63, 3.8) is 0 Å². The minimum absolute atomic E-state index is 0.0215. The summed E-state index contributed by atoms with van der Waals surface area (Å²) in [5.74, 6) is 0.0925. The Morgan fingerprint density at radius 1 is 0.960 bits per heavy atom. The largest absolute Gasteiger partial charge is 0.341 e. The van der Waals surface area contributed by atoms with E-state index in [-0.39, 0.29) is 17.9 Å². The second-order valence-electron chi connectivity index (χ2n) is 6.28. The predicted molar refractivity (Wildman–Crippen MR) is 103 cm³/mol. The molecule has 0 fully saturated rings. The van der Waals surface area contributed by atoms with Crippen molar-refractivity contribution in [1.82, 2.24) is 9.47 Å². The lowest BCUT2D eigenvalue weighted by molar-refractivity contribution is -0.131. The van der Waals surface area contributed by atoms with Gasteiger partial charge in [0.1, 0.15) is 6.54 Å². The summed E-state index contributed by atoms with van der Waals surface area (Å²) in [6.07, 6.45) is 2.07. The van der Waals surface area contributed by atoms with Crippen molar-refractivity contribution >= 4 is 27.7 Å². The SMILES string of the molecule is CCCCN(CC)C(=O)Cn1c2ccccc2c(=O)c2ccccc21. The predicted octanol–water partition coefficient (Wildman–Crippen LogP) is 3.80. The third-order valence-electron chi connectivity index (χ3n) is 4.69. The third kappa shape index (κ3) is 3.29. The van der Waals surface area contributed by atoms with Gasteiger partial charge in [-0.2, -0.15) is 0 Å². The van der Waals surface area contributed by atoms with Gasteiger partial charge in [0.2, 0.25) is 5.91 Å². The first-order valence-electron chi connectivity index (χ1n) is 8.95. The number of aromatic nitrogens is 1. The average molecular weight is 336 g/mol. The van der Waals surface area contributed by atoms with Crippen LogP contribution in [0.2, 0.25) is 0 Å². The summed E-state index contributed by atoms with van der Waals surface area (Å²) < 4.78 is 1.98. The molecule has 3 rings (SSSR count). The molecule has 0 spiro atoms. The van der Waals surface area contributed by atoms with E-state index in [1.807, 2.05) is 64.9 Å². The van der Waals surface area contributed by atoms with Crippen LogP contribution in [0.4, 0.5) is 0 Å². The number of fused-ring (bicyclic) bond motifs is 2. The number of para-hydroxylation sites is 2.